The Bertz CT molecular complexity index is 634. The number of carbonyl (C=O) groups excluding carboxylic acids is 2. The van der Waals surface area contributed by atoms with Gasteiger partial charge in [0.2, 0.25) is 0 Å². The Morgan fingerprint density at radius 2 is 2.12 bits per heavy atom. The van der Waals surface area contributed by atoms with Gasteiger partial charge in [-0.15, -0.1) is 0 Å². The molecule has 1 aromatic carbocycles. The van der Waals surface area contributed by atoms with Gasteiger partial charge in [0, 0.05) is 0 Å². The molecule has 0 saturated carbocycles. The Labute approximate surface area is 142 Å². The Kier molecular flexibility index (Phi) is 5.03. The summed E-state index contributed by atoms with van der Waals surface area (Å²) >= 11 is 0. The molecule has 1 heterocycles. The topological polar surface area (TPSA) is 52.6 Å². The van der Waals surface area contributed by atoms with Crippen LogP contribution in [0.1, 0.15) is 51.0 Å². The SMILES string of the molecule is CCC[C@]12CCCC=C1C(CC(=O)OCc1ccccc1)OC2=O. The highest BCUT2D eigenvalue weighted by Crippen LogP contribution is 2.50. The first kappa shape index (κ1) is 16.7. The summed E-state index contributed by atoms with van der Waals surface area (Å²) in [5, 5.41) is 0. The van der Waals surface area contributed by atoms with E-state index in [9.17, 15) is 9.59 Å². The molecule has 24 heavy (non-hydrogen) atoms. The van der Waals surface area contributed by atoms with Gasteiger partial charge < -0.3 is 9.47 Å². The van der Waals surface area contributed by atoms with Gasteiger partial charge >= 0.3 is 11.9 Å². The summed E-state index contributed by atoms with van der Waals surface area (Å²) in [4.78, 5) is 24.7. The minimum atomic E-state index is -0.489. The highest BCUT2D eigenvalue weighted by atomic mass is 16.6. The number of hydrogen-bond acceptors (Lipinski definition) is 4. The highest BCUT2D eigenvalue weighted by molar-refractivity contribution is 5.86. The van der Waals surface area contributed by atoms with Crippen LogP contribution in [0.5, 0.6) is 0 Å². The van der Waals surface area contributed by atoms with Crippen molar-refractivity contribution in [1.29, 1.82) is 0 Å². The molecule has 128 valence electrons. The predicted molar refractivity (Wildman–Crippen MR) is 90.0 cm³/mol. The number of ether oxygens (including phenoxy) is 2. The number of fused-ring (bicyclic) bond motifs is 1. The average molecular weight is 328 g/mol. The molecule has 1 aliphatic carbocycles. The van der Waals surface area contributed by atoms with E-state index in [4.69, 9.17) is 9.47 Å². The van der Waals surface area contributed by atoms with Crippen LogP contribution in [0.4, 0.5) is 0 Å². The molecule has 1 saturated heterocycles. The molecular formula is C20H24O4. The van der Waals surface area contributed by atoms with Crippen molar-refractivity contribution < 1.29 is 19.1 Å². The maximum atomic E-state index is 12.5. The van der Waals surface area contributed by atoms with Gasteiger partial charge in [0.05, 0.1) is 11.8 Å². The summed E-state index contributed by atoms with van der Waals surface area (Å²) in [5.41, 5.74) is 1.47. The second-order valence-corrected chi connectivity index (χ2v) is 6.63. The first-order chi connectivity index (χ1) is 11.7. The molecule has 0 spiro atoms. The molecule has 4 heteroatoms. The smallest absolute Gasteiger partial charge is 0.316 e. The van der Waals surface area contributed by atoms with Gasteiger partial charge in [0.25, 0.3) is 0 Å². The highest BCUT2D eigenvalue weighted by Gasteiger charge is 2.53. The molecule has 1 fully saturated rings. The van der Waals surface area contributed by atoms with E-state index >= 15 is 0 Å². The fourth-order valence-corrected chi connectivity index (χ4v) is 3.86. The van der Waals surface area contributed by atoms with E-state index in [1.54, 1.807) is 0 Å². The van der Waals surface area contributed by atoms with Gasteiger partial charge in [-0.25, -0.2) is 0 Å². The lowest BCUT2D eigenvalue weighted by molar-refractivity contribution is -0.153. The van der Waals surface area contributed by atoms with Crippen LogP contribution in [-0.2, 0) is 25.7 Å². The van der Waals surface area contributed by atoms with Gasteiger partial charge in [0.15, 0.2) is 0 Å². The monoisotopic (exact) mass is 328 g/mol. The first-order valence-electron chi connectivity index (χ1n) is 8.77. The Balaban J connectivity index is 1.64. The second-order valence-electron chi connectivity index (χ2n) is 6.63. The molecule has 0 bridgehead atoms. The van der Waals surface area contributed by atoms with E-state index in [-0.39, 0.29) is 25.0 Å². The van der Waals surface area contributed by atoms with E-state index in [2.05, 4.69) is 13.0 Å². The maximum absolute atomic E-state index is 12.5. The predicted octanol–water partition coefficient (Wildman–Crippen LogP) is 3.94. The number of hydrogen-bond donors (Lipinski definition) is 0. The molecule has 2 aliphatic rings. The molecule has 4 nitrogen and oxygen atoms in total. The number of cyclic esters (lactones) is 1. The van der Waals surface area contributed by atoms with Crippen molar-refractivity contribution in [2.45, 2.75) is 58.2 Å². The molecular weight excluding hydrogens is 304 g/mol. The molecule has 1 unspecified atom stereocenters. The molecule has 2 atom stereocenters. The molecule has 1 aromatic rings. The summed E-state index contributed by atoms with van der Waals surface area (Å²) in [5.74, 6) is -0.480. The minimum absolute atomic E-state index is 0.107. The lowest BCUT2D eigenvalue weighted by Crippen LogP contribution is -2.30. The van der Waals surface area contributed by atoms with Crippen molar-refractivity contribution in [3.8, 4) is 0 Å². The van der Waals surface area contributed by atoms with E-state index in [0.717, 1.165) is 43.2 Å². The van der Waals surface area contributed by atoms with Crippen molar-refractivity contribution in [2.24, 2.45) is 5.41 Å². The third kappa shape index (κ3) is 3.23. The minimum Gasteiger partial charge on any atom is -0.461 e. The van der Waals surface area contributed by atoms with Crippen LogP contribution in [0.3, 0.4) is 0 Å². The molecule has 0 N–H and O–H groups in total. The van der Waals surface area contributed by atoms with Crippen LogP contribution in [0.15, 0.2) is 42.0 Å². The summed E-state index contributed by atoms with van der Waals surface area (Å²) in [6.45, 7) is 2.33. The van der Waals surface area contributed by atoms with Crippen molar-refractivity contribution in [2.75, 3.05) is 0 Å². The number of benzene rings is 1. The zero-order chi connectivity index (χ0) is 17.0. The van der Waals surface area contributed by atoms with Gasteiger partial charge in [-0.1, -0.05) is 49.8 Å². The zero-order valence-electron chi connectivity index (χ0n) is 14.1. The lowest BCUT2D eigenvalue weighted by Gasteiger charge is -2.30. The van der Waals surface area contributed by atoms with Crippen LogP contribution in [0, 0.1) is 5.41 Å². The third-order valence-electron chi connectivity index (χ3n) is 4.98. The summed E-state index contributed by atoms with van der Waals surface area (Å²) in [6.07, 6.45) is 6.28. The Morgan fingerprint density at radius 1 is 1.33 bits per heavy atom. The van der Waals surface area contributed by atoms with E-state index < -0.39 is 11.5 Å². The molecule has 0 aromatic heterocycles. The van der Waals surface area contributed by atoms with Crippen molar-refractivity contribution in [3.05, 3.63) is 47.5 Å². The van der Waals surface area contributed by atoms with Crippen molar-refractivity contribution >= 4 is 11.9 Å². The van der Waals surface area contributed by atoms with Crippen molar-refractivity contribution in [1.82, 2.24) is 0 Å². The van der Waals surface area contributed by atoms with Crippen LogP contribution in [-0.4, -0.2) is 18.0 Å². The van der Waals surface area contributed by atoms with E-state index in [1.807, 2.05) is 30.3 Å². The Morgan fingerprint density at radius 3 is 2.88 bits per heavy atom. The number of carbonyl (C=O) groups is 2. The van der Waals surface area contributed by atoms with E-state index in [0.29, 0.717) is 0 Å². The fourth-order valence-electron chi connectivity index (χ4n) is 3.86. The summed E-state index contributed by atoms with van der Waals surface area (Å²) in [7, 11) is 0. The number of allylic oxidation sites excluding steroid dienone is 1. The normalized spacial score (nSPS) is 25.6. The second kappa shape index (κ2) is 7.20. The van der Waals surface area contributed by atoms with Gasteiger partial charge in [0.1, 0.15) is 12.7 Å². The zero-order valence-corrected chi connectivity index (χ0v) is 14.1. The molecule has 1 aliphatic heterocycles. The van der Waals surface area contributed by atoms with Crippen LogP contribution >= 0.6 is 0 Å². The quantitative estimate of drug-likeness (QED) is 0.586. The summed E-state index contributed by atoms with van der Waals surface area (Å²) < 4.78 is 10.9. The lowest BCUT2D eigenvalue weighted by atomic mass is 9.69. The fraction of sp³-hybridized carbons (Fsp3) is 0.500. The summed E-state index contributed by atoms with van der Waals surface area (Å²) in [6, 6.07) is 9.57. The Hall–Kier alpha value is -2.10. The van der Waals surface area contributed by atoms with Gasteiger partial charge in [-0.05, 0) is 36.8 Å². The van der Waals surface area contributed by atoms with Crippen molar-refractivity contribution in [3.63, 3.8) is 0 Å². The number of esters is 2. The van der Waals surface area contributed by atoms with Crippen LogP contribution in [0.2, 0.25) is 0 Å². The van der Waals surface area contributed by atoms with Gasteiger partial charge in [-0.2, -0.15) is 0 Å². The van der Waals surface area contributed by atoms with Gasteiger partial charge in [-0.3, -0.25) is 9.59 Å². The molecule has 0 radical (unpaired) electrons. The largest absolute Gasteiger partial charge is 0.461 e. The standard InChI is InChI=1S/C20H24O4/c1-2-11-20-12-7-6-10-16(20)17(24-19(20)22)13-18(21)23-14-15-8-4-3-5-9-15/h3-5,8-10,17H,2,6-7,11-14H2,1H3/t17?,20-/m0/s1. The maximum Gasteiger partial charge on any atom is 0.316 e. The first-order valence-corrected chi connectivity index (χ1v) is 8.77. The van der Waals surface area contributed by atoms with Crippen LogP contribution < -0.4 is 0 Å². The third-order valence-corrected chi connectivity index (χ3v) is 4.98. The molecule has 3 rings (SSSR count). The van der Waals surface area contributed by atoms with E-state index in [1.165, 1.54) is 0 Å². The average Bonchev–Trinajstić information content (AvgIpc) is 2.87. The van der Waals surface area contributed by atoms with Crippen LogP contribution in [0.25, 0.3) is 0 Å². The number of rotatable bonds is 6. The molecule has 0 amide bonds.